The monoisotopic (exact) mass is 400 g/mol. The lowest BCUT2D eigenvalue weighted by molar-refractivity contribution is 0.151. The maximum Gasteiger partial charge on any atom is 0.0504 e. The molecule has 1 aromatic heterocycles. The van der Waals surface area contributed by atoms with E-state index in [2.05, 4.69) is 43.6 Å². The smallest absolute Gasteiger partial charge is 0.0504 e. The summed E-state index contributed by atoms with van der Waals surface area (Å²) >= 11 is 3.66. The number of halogens is 1. The van der Waals surface area contributed by atoms with E-state index in [9.17, 15) is 0 Å². The van der Waals surface area contributed by atoms with E-state index in [0.717, 1.165) is 17.8 Å². The Hall–Kier alpha value is -0.800. The summed E-state index contributed by atoms with van der Waals surface area (Å²) in [4.78, 5) is 2.72. The largest absolute Gasteiger partial charge is 0.342 e. The molecule has 2 nitrogen and oxygen atoms in total. The molecule has 1 unspecified atom stereocenters. The molecule has 0 N–H and O–H groups in total. The van der Waals surface area contributed by atoms with Crippen LogP contribution in [0.4, 0.5) is 0 Å². The van der Waals surface area contributed by atoms with Gasteiger partial charge in [0.25, 0.3) is 0 Å². The highest BCUT2D eigenvalue weighted by atomic mass is 79.9. The molecule has 2 heterocycles. The molecule has 0 spiro atoms. The van der Waals surface area contributed by atoms with Crippen LogP contribution in [0.3, 0.4) is 0 Å². The first-order chi connectivity index (χ1) is 12.4. The van der Waals surface area contributed by atoms with Crippen molar-refractivity contribution in [2.24, 2.45) is 0 Å². The van der Waals surface area contributed by atoms with Gasteiger partial charge in [-0.25, -0.2) is 0 Å². The molecule has 2 aromatic rings. The molecule has 0 saturated heterocycles. The molecule has 25 heavy (non-hydrogen) atoms. The Morgan fingerprint density at radius 1 is 1.00 bits per heavy atom. The predicted octanol–water partition coefficient (Wildman–Crippen LogP) is 5.78. The Morgan fingerprint density at radius 3 is 2.72 bits per heavy atom. The van der Waals surface area contributed by atoms with E-state index in [1.807, 2.05) is 0 Å². The number of benzene rings is 1. The third-order valence-electron chi connectivity index (χ3n) is 6.96. The number of alkyl halides is 1. The molecular formula is C22H29BrN2. The van der Waals surface area contributed by atoms with Crippen molar-refractivity contribution >= 4 is 26.8 Å². The molecule has 1 saturated carbocycles. The zero-order valence-corrected chi connectivity index (χ0v) is 16.7. The first-order valence-corrected chi connectivity index (χ1v) is 11.4. The van der Waals surface area contributed by atoms with Gasteiger partial charge < -0.3 is 4.57 Å². The van der Waals surface area contributed by atoms with Crippen molar-refractivity contribution in [1.29, 1.82) is 0 Å². The molecule has 2 aliphatic carbocycles. The minimum absolute atomic E-state index is 0.653. The Kier molecular flexibility index (Phi) is 4.41. The second-order valence-electron chi connectivity index (χ2n) is 8.26. The summed E-state index contributed by atoms with van der Waals surface area (Å²) in [5.74, 6) is 0.812. The van der Waals surface area contributed by atoms with Gasteiger partial charge in [0.2, 0.25) is 0 Å². The van der Waals surface area contributed by atoms with Crippen molar-refractivity contribution in [3.8, 4) is 0 Å². The average Bonchev–Trinajstić information content (AvgIpc) is 3.00. The van der Waals surface area contributed by atoms with E-state index >= 15 is 0 Å². The number of fused-ring (bicyclic) bond motifs is 3. The highest BCUT2D eigenvalue weighted by Crippen LogP contribution is 2.43. The van der Waals surface area contributed by atoms with E-state index in [1.165, 1.54) is 70.0 Å². The number of hydrogen-bond donors (Lipinski definition) is 0. The summed E-state index contributed by atoms with van der Waals surface area (Å²) in [6, 6.07) is 8.14. The van der Waals surface area contributed by atoms with E-state index in [1.54, 1.807) is 22.2 Å². The Morgan fingerprint density at radius 2 is 1.88 bits per heavy atom. The molecule has 134 valence electrons. The molecule has 1 atom stereocenters. The van der Waals surface area contributed by atoms with E-state index in [4.69, 9.17) is 0 Å². The first-order valence-electron chi connectivity index (χ1n) is 10.3. The summed E-state index contributed by atoms with van der Waals surface area (Å²) in [7, 11) is 0. The van der Waals surface area contributed by atoms with Crippen LogP contribution in [0.25, 0.3) is 10.9 Å². The fourth-order valence-corrected chi connectivity index (χ4v) is 6.22. The Labute approximate surface area is 159 Å². The SMILES string of the molecule is BrCCN1CCn2c3c(c4cc(C5CCCCC5)ccc42)CCCC31. The van der Waals surface area contributed by atoms with Crippen LogP contribution in [0, 0.1) is 0 Å². The van der Waals surface area contributed by atoms with Crippen LogP contribution in [0.5, 0.6) is 0 Å². The van der Waals surface area contributed by atoms with E-state index in [-0.39, 0.29) is 0 Å². The number of aromatic nitrogens is 1. The molecule has 1 aliphatic heterocycles. The standard InChI is InChI=1S/C22H29BrN2/c23-11-12-24-13-14-25-20-10-9-17(16-5-2-1-3-6-16)15-19(20)18-7-4-8-21(24)22(18)25/h9-10,15-16,21H,1-8,11-14H2. The molecule has 3 aliphatic rings. The van der Waals surface area contributed by atoms with Gasteiger partial charge in [-0.1, -0.05) is 41.3 Å². The van der Waals surface area contributed by atoms with Crippen molar-refractivity contribution in [2.45, 2.75) is 69.9 Å². The number of aryl methyl sites for hydroxylation is 1. The van der Waals surface area contributed by atoms with Crippen LogP contribution in [0.2, 0.25) is 0 Å². The van der Waals surface area contributed by atoms with Crippen molar-refractivity contribution in [3.05, 3.63) is 35.0 Å². The summed E-state index contributed by atoms with van der Waals surface area (Å²) in [6.07, 6.45) is 11.1. The van der Waals surface area contributed by atoms with Crippen LogP contribution >= 0.6 is 15.9 Å². The van der Waals surface area contributed by atoms with Crippen LogP contribution in [-0.2, 0) is 13.0 Å². The van der Waals surface area contributed by atoms with Gasteiger partial charge in [0.15, 0.2) is 0 Å². The predicted molar refractivity (Wildman–Crippen MR) is 109 cm³/mol. The Balaban J connectivity index is 1.60. The highest BCUT2D eigenvalue weighted by Gasteiger charge is 2.34. The molecule has 5 rings (SSSR count). The number of nitrogens with zero attached hydrogens (tertiary/aromatic N) is 2. The van der Waals surface area contributed by atoms with Gasteiger partial charge in [-0.05, 0) is 61.3 Å². The molecular weight excluding hydrogens is 372 g/mol. The third-order valence-corrected chi connectivity index (χ3v) is 7.31. The molecule has 0 radical (unpaired) electrons. The topological polar surface area (TPSA) is 8.17 Å². The molecule has 0 bridgehead atoms. The third kappa shape index (κ3) is 2.70. The summed E-state index contributed by atoms with van der Waals surface area (Å²) in [6.45, 7) is 3.55. The molecule has 1 aromatic carbocycles. The zero-order valence-electron chi connectivity index (χ0n) is 15.1. The van der Waals surface area contributed by atoms with Gasteiger partial charge in [-0.3, -0.25) is 4.90 Å². The fraction of sp³-hybridized carbons (Fsp3) is 0.636. The van der Waals surface area contributed by atoms with Gasteiger partial charge in [-0.15, -0.1) is 0 Å². The quantitative estimate of drug-likeness (QED) is 0.592. The van der Waals surface area contributed by atoms with Crippen molar-refractivity contribution in [1.82, 2.24) is 9.47 Å². The van der Waals surface area contributed by atoms with Gasteiger partial charge >= 0.3 is 0 Å². The van der Waals surface area contributed by atoms with Crippen LogP contribution in [0.15, 0.2) is 18.2 Å². The first kappa shape index (κ1) is 16.4. The van der Waals surface area contributed by atoms with E-state index in [0.29, 0.717) is 6.04 Å². The average molecular weight is 401 g/mol. The lowest BCUT2D eigenvalue weighted by Gasteiger charge is -2.39. The fourth-order valence-electron chi connectivity index (χ4n) is 5.76. The van der Waals surface area contributed by atoms with Crippen LogP contribution in [-0.4, -0.2) is 27.9 Å². The van der Waals surface area contributed by atoms with Crippen molar-refractivity contribution in [2.75, 3.05) is 18.4 Å². The van der Waals surface area contributed by atoms with Crippen molar-refractivity contribution in [3.63, 3.8) is 0 Å². The minimum atomic E-state index is 0.653. The van der Waals surface area contributed by atoms with Gasteiger partial charge in [0.05, 0.1) is 6.04 Å². The van der Waals surface area contributed by atoms with Gasteiger partial charge in [-0.2, -0.15) is 0 Å². The minimum Gasteiger partial charge on any atom is -0.342 e. The van der Waals surface area contributed by atoms with Crippen molar-refractivity contribution < 1.29 is 0 Å². The molecule has 1 fully saturated rings. The van der Waals surface area contributed by atoms with E-state index < -0.39 is 0 Å². The summed E-state index contributed by atoms with van der Waals surface area (Å²) in [5.41, 5.74) is 6.47. The van der Waals surface area contributed by atoms with Crippen LogP contribution in [0.1, 0.15) is 73.7 Å². The second-order valence-corrected chi connectivity index (χ2v) is 9.05. The van der Waals surface area contributed by atoms with Gasteiger partial charge in [0.1, 0.15) is 0 Å². The number of hydrogen-bond acceptors (Lipinski definition) is 1. The summed E-state index contributed by atoms with van der Waals surface area (Å²) < 4.78 is 2.67. The highest BCUT2D eigenvalue weighted by molar-refractivity contribution is 9.09. The van der Waals surface area contributed by atoms with Crippen LogP contribution < -0.4 is 0 Å². The summed E-state index contributed by atoms with van der Waals surface area (Å²) in [5, 5.41) is 2.67. The van der Waals surface area contributed by atoms with Gasteiger partial charge in [0, 0.05) is 41.6 Å². The lowest BCUT2D eigenvalue weighted by Crippen LogP contribution is -2.40. The maximum absolute atomic E-state index is 3.66. The maximum atomic E-state index is 3.66. The normalized spacial score (nSPS) is 24.6. The number of rotatable bonds is 3. The zero-order chi connectivity index (χ0) is 16.8. The molecule has 3 heteroatoms. The molecule has 0 amide bonds. The Bertz CT molecular complexity index is 772. The second kappa shape index (κ2) is 6.74. The lowest BCUT2D eigenvalue weighted by atomic mass is 9.83.